The van der Waals surface area contributed by atoms with Crippen LogP contribution in [0.15, 0.2) is 54.6 Å². The number of nitrogens with zero attached hydrogens (tertiary/aromatic N) is 1. The maximum Gasteiger partial charge on any atom is 0.490 e. The van der Waals surface area contributed by atoms with Gasteiger partial charge in [-0.05, 0) is 55.5 Å². The van der Waals surface area contributed by atoms with Crippen molar-refractivity contribution < 1.29 is 27.9 Å². The number of para-hydroxylation sites is 1. The van der Waals surface area contributed by atoms with E-state index in [1.54, 1.807) is 0 Å². The zero-order valence-corrected chi connectivity index (χ0v) is 19.4. The molecule has 2 heterocycles. The molecule has 9 heteroatoms. The molecule has 2 aromatic carbocycles. The fraction of sp³-hybridized carbons (Fsp3) is 0.462. The fourth-order valence-corrected chi connectivity index (χ4v) is 5.13. The highest BCUT2D eigenvalue weighted by Crippen LogP contribution is 2.47. The minimum Gasteiger partial charge on any atom is -0.475 e. The summed E-state index contributed by atoms with van der Waals surface area (Å²) in [6.45, 7) is 5.02. The Bertz CT molecular complexity index is 1040. The lowest BCUT2D eigenvalue weighted by molar-refractivity contribution is -0.192. The highest BCUT2D eigenvalue weighted by atomic mass is 19.4. The number of hydrogen-bond acceptors (Lipinski definition) is 4. The molecular formula is C26H30F3N3O3. The molecule has 1 aliphatic carbocycles. The first-order chi connectivity index (χ1) is 16.7. The molecule has 2 aromatic rings. The van der Waals surface area contributed by atoms with Crippen molar-refractivity contribution in [1.29, 1.82) is 0 Å². The monoisotopic (exact) mass is 489 g/mol. The molecule has 2 atom stereocenters. The first-order valence-corrected chi connectivity index (χ1v) is 11.9. The molecule has 3 aliphatic rings. The summed E-state index contributed by atoms with van der Waals surface area (Å²) in [5, 5.41) is 13.9. The maximum absolute atomic E-state index is 12.4. The predicted octanol–water partition coefficient (Wildman–Crippen LogP) is 4.00. The average molecular weight is 490 g/mol. The van der Waals surface area contributed by atoms with E-state index in [0.717, 1.165) is 39.1 Å². The molecule has 1 saturated carbocycles. The number of amides is 1. The largest absolute Gasteiger partial charge is 0.490 e. The zero-order chi connectivity index (χ0) is 25.1. The maximum atomic E-state index is 12.4. The molecule has 1 spiro atoms. The van der Waals surface area contributed by atoms with Crippen LogP contribution >= 0.6 is 0 Å². The normalized spacial score (nSPS) is 22.4. The van der Waals surface area contributed by atoms with Gasteiger partial charge in [-0.1, -0.05) is 48.5 Å². The second-order valence-corrected chi connectivity index (χ2v) is 9.47. The van der Waals surface area contributed by atoms with Gasteiger partial charge in [0.15, 0.2) is 0 Å². The number of piperidine rings is 1. The zero-order valence-electron chi connectivity index (χ0n) is 19.4. The van der Waals surface area contributed by atoms with E-state index in [0.29, 0.717) is 11.3 Å². The van der Waals surface area contributed by atoms with Gasteiger partial charge in [-0.15, -0.1) is 0 Å². The van der Waals surface area contributed by atoms with Crippen molar-refractivity contribution >= 4 is 17.6 Å². The quantitative estimate of drug-likeness (QED) is 0.592. The summed E-state index contributed by atoms with van der Waals surface area (Å²) in [4.78, 5) is 23.8. The number of carbonyl (C=O) groups is 2. The van der Waals surface area contributed by atoms with Gasteiger partial charge in [-0.25, -0.2) is 4.79 Å². The Hall–Kier alpha value is -3.07. The second kappa shape index (κ2) is 10.3. The van der Waals surface area contributed by atoms with Crippen LogP contribution in [0, 0.1) is 5.92 Å². The third-order valence-electron chi connectivity index (χ3n) is 7.25. The number of carboxylic acids is 1. The van der Waals surface area contributed by atoms with Crippen LogP contribution in [0.25, 0.3) is 0 Å². The summed E-state index contributed by atoms with van der Waals surface area (Å²) in [5.41, 5.74) is 4.44. The van der Waals surface area contributed by atoms with Crippen molar-refractivity contribution in [3.05, 3.63) is 65.7 Å². The number of hydrogen-bond donors (Lipinski definition) is 3. The summed E-state index contributed by atoms with van der Waals surface area (Å²) in [7, 11) is 0. The molecule has 1 saturated heterocycles. The fourth-order valence-electron chi connectivity index (χ4n) is 5.13. The first kappa shape index (κ1) is 25.0. The SMILES string of the molecule is O=C(NCCN1CCC2(CC1)CNc1ccccc12)C1CC1c1ccccc1.O=C(O)C(F)(F)F. The van der Waals surface area contributed by atoms with E-state index in [1.807, 2.05) is 6.07 Å². The third-order valence-corrected chi connectivity index (χ3v) is 7.25. The molecule has 0 bridgehead atoms. The highest BCUT2D eigenvalue weighted by Gasteiger charge is 2.44. The van der Waals surface area contributed by atoms with E-state index in [9.17, 15) is 18.0 Å². The number of rotatable bonds is 5. The number of carboxylic acid groups (broad SMARTS) is 1. The van der Waals surface area contributed by atoms with Crippen molar-refractivity contribution in [2.45, 2.75) is 36.8 Å². The van der Waals surface area contributed by atoms with Crippen molar-refractivity contribution in [3.63, 3.8) is 0 Å². The number of benzene rings is 2. The molecular weight excluding hydrogens is 459 g/mol. The van der Waals surface area contributed by atoms with Crippen molar-refractivity contribution in [3.8, 4) is 0 Å². The average Bonchev–Trinajstić information content (AvgIpc) is 3.58. The standard InChI is InChI=1S/C24H29N3O.C2HF3O2/c28-23(20-16-19(20)18-6-2-1-3-7-18)25-12-15-27-13-10-24(11-14-27)17-26-22-9-5-4-8-21(22)24;3-2(4,5)1(6)7/h1-9,19-20,26H,10-17H2,(H,25,28);(H,6,7). The van der Waals surface area contributed by atoms with Crippen molar-refractivity contribution in [1.82, 2.24) is 10.2 Å². The Kier molecular flexibility index (Phi) is 7.35. The van der Waals surface area contributed by atoms with Crippen LogP contribution in [-0.4, -0.2) is 60.8 Å². The van der Waals surface area contributed by atoms with Gasteiger partial charge in [-0.3, -0.25) is 4.79 Å². The van der Waals surface area contributed by atoms with E-state index >= 15 is 0 Å². The van der Waals surface area contributed by atoms with Crippen molar-refractivity contribution in [2.75, 3.05) is 38.0 Å². The molecule has 2 aliphatic heterocycles. The minimum atomic E-state index is -5.08. The van der Waals surface area contributed by atoms with Gasteiger partial charge in [-0.2, -0.15) is 13.2 Å². The van der Waals surface area contributed by atoms with E-state index in [-0.39, 0.29) is 11.8 Å². The van der Waals surface area contributed by atoms with Crippen molar-refractivity contribution in [2.24, 2.45) is 5.92 Å². The number of aliphatic carboxylic acids is 1. The molecule has 2 unspecified atom stereocenters. The minimum absolute atomic E-state index is 0.174. The van der Waals surface area contributed by atoms with Crippen LogP contribution in [0.2, 0.25) is 0 Å². The molecule has 188 valence electrons. The van der Waals surface area contributed by atoms with E-state index in [4.69, 9.17) is 9.90 Å². The third kappa shape index (κ3) is 5.96. The number of halogens is 3. The topological polar surface area (TPSA) is 81.7 Å². The Balaban J connectivity index is 0.000000364. The van der Waals surface area contributed by atoms with Crippen LogP contribution in [0.4, 0.5) is 18.9 Å². The van der Waals surface area contributed by atoms with Crippen LogP contribution in [0.3, 0.4) is 0 Å². The van der Waals surface area contributed by atoms with Crippen LogP contribution < -0.4 is 10.6 Å². The van der Waals surface area contributed by atoms with Gasteiger partial charge >= 0.3 is 12.1 Å². The van der Waals surface area contributed by atoms with Gasteiger partial charge in [0.1, 0.15) is 0 Å². The lowest BCUT2D eigenvalue weighted by Crippen LogP contribution is -2.46. The van der Waals surface area contributed by atoms with Gasteiger partial charge in [0.25, 0.3) is 0 Å². The number of alkyl halides is 3. The lowest BCUT2D eigenvalue weighted by Gasteiger charge is -2.39. The smallest absolute Gasteiger partial charge is 0.475 e. The lowest BCUT2D eigenvalue weighted by atomic mass is 9.74. The summed E-state index contributed by atoms with van der Waals surface area (Å²) < 4.78 is 31.7. The van der Waals surface area contributed by atoms with Crippen LogP contribution in [0.5, 0.6) is 0 Å². The molecule has 5 rings (SSSR count). The Labute approximate surface area is 202 Å². The summed E-state index contributed by atoms with van der Waals surface area (Å²) in [6, 6.07) is 19.2. The van der Waals surface area contributed by atoms with E-state index in [1.165, 1.54) is 29.7 Å². The van der Waals surface area contributed by atoms with Crippen LogP contribution in [0.1, 0.15) is 36.3 Å². The number of carbonyl (C=O) groups excluding carboxylic acids is 1. The van der Waals surface area contributed by atoms with Gasteiger partial charge in [0, 0.05) is 36.7 Å². The summed E-state index contributed by atoms with van der Waals surface area (Å²) >= 11 is 0. The molecule has 0 radical (unpaired) electrons. The predicted molar refractivity (Wildman–Crippen MR) is 126 cm³/mol. The van der Waals surface area contributed by atoms with Gasteiger partial charge < -0.3 is 20.6 Å². The number of likely N-dealkylation sites (tertiary alicyclic amines) is 1. The summed E-state index contributed by atoms with van der Waals surface area (Å²) in [6.07, 6.45) is -1.69. The highest BCUT2D eigenvalue weighted by molar-refractivity contribution is 5.82. The Morgan fingerprint density at radius 1 is 1.06 bits per heavy atom. The first-order valence-electron chi connectivity index (χ1n) is 11.9. The second-order valence-electron chi connectivity index (χ2n) is 9.47. The van der Waals surface area contributed by atoms with Gasteiger partial charge in [0.2, 0.25) is 5.91 Å². The van der Waals surface area contributed by atoms with Crippen LogP contribution in [-0.2, 0) is 15.0 Å². The molecule has 35 heavy (non-hydrogen) atoms. The number of anilines is 1. The molecule has 3 N–H and O–H groups in total. The number of nitrogens with one attached hydrogen (secondary N) is 2. The molecule has 0 aromatic heterocycles. The molecule has 1 amide bonds. The molecule has 2 fully saturated rings. The Morgan fingerprint density at radius 3 is 2.34 bits per heavy atom. The van der Waals surface area contributed by atoms with E-state index in [2.05, 4.69) is 64.1 Å². The number of fused-ring (bicyclic) bond motifs is 2. The Morgan fingerprint density at radius 2 is 1.69 bits per heavy atom. The van der Waals surface area contributed by atoms with Gasteiger partial charge in [0.05, 0.1) is 0 Å². The van der Waals surface area contributed by atoms with E-state index < -0.39 is 12.1 Å². The molecule has 6 nitrogen and oxygen atoms in total. The summed E-state index contributed by atoms with van der Waals surface area (Å²) in [5.74, 6) is -1.93.